The van der Waals surface area contributed by atoms with Crippen molar-refractivity contribution in [3.63, 3.8) is 0 Å². The molecule has 2 fully saturated rings. The zero-order chi connectivity index (χ0) is 15.9. The van der Waals surface area contributed by atoms with Crippen molar-refractivity contribution in [2.24, 2.45) is 0 Å². The molecular formula is C14H14F4O4. The molecule has 4 nitrogen and oxygen atoms in total. The smallest absolute Gasteiger partial charge is 0.184 e. The Kier molecular flexibility index (Phi) is 4.35. The van der Waals surface area contributed by atoms with E-state index in [1.807, 2.05) is 0 Å². The van der Waals surface area contributed by atoms with Crippen molar-refractivity contribution < 1.29 is 36.5 Å². The number of fused-ring (bicyclic) bond motifs is 2. The number of ether oxygens (including phenoxy) is 4. The summed E-state index contributed by atoms with van der Waals surface area (Å²) in [7, 11) is 1.48. The molecular weight excluding hydrogens is 308 g/mol. The summed E-state index contributed by atoms with van der Waals surface area (Å²) in [5, 5.41) is 0. The third-order valence-electron chi connectivity index (χ3n) is 3.86. The number of benzene rings is 1. The van der Waals surface area contributed by atoms with Crippen LogP contribution in [0, 0.1) is 23.3 Å². The van der Waals surface area contributed by atoms with Crippen molar-refractivity contribution >= 4 is 0 Å². The monoisotopic (exact) mass is 322 g/mol. The molecule has 2 aliphatic rings. The highest BCUT2D eigenvalue weighted by molar-refractivity contribution is 5.22. The number of rotatable bonds is 4. The first-order valence-corrected chi connectivity index (χ1v) is 6.74. The number of hydrogen-bond donors (Lipinski definition) is 0. The maximum atomic E-state index is 13.6. The molecule has 3 rings (SSSR count). The zero-order valence-corrected chi connectivity index (χ0v) is 11.7. The summed E-state index contributed by atoms with van der Waals surface area (Å²) in [6, 6.07) is 0.161. The van der Waals surface area contributed by atoms with Crippen LogP contribution in [0.2, 0.25) is 0 Å². The average Bonchev–Trinajstić information content (AvgIpc) is 2.92. The lowest BCUT2D eigenvalue weighted by atomic mass is 10.0. The lowest BCUT2D eigenvalue weighted by molar-refractivity contribution is -0.201. The van der Waals surface area contributed by atoms with Crippen LogP contribution in [-0.4, -0.2) is 38.3 Å². The van der Waals surface area contributed by atoms with E-state index in [1.54, 1.807) is 0 Å². The van der Waals surface area contributed by atoms with E-state index in [1.165, 1.54) is 7.11 Å². The molecule has 2 heterocycles. The zero-order valence-electron chi connectivity index (χ0n) is 11.7. The van der Waals surface area contributed by atoms with Gasteiger partial charge in [-0.25, -0.2) is 17.6 Å². The van der Waals surface area contributed by atoms with Crippen LogP contribution in [-0.2, 0) is 25.6 Å². The molecule has 4 atom stereocenters. The van der Waals surface area contributed by atoms with Crippen molar-refractivity contribution in [2.75, 3.05) is 13.7 Å². The number of hydrogen-bond acceptors (Lipinski definition) is 4. The van der Waals surface area contributed by atoms with Crippen LogP contribution in [0.1, 0.15) is 12.0 Å². The standard InChI is InChI=1S/C14H14F4O4/c1-19-10-3-9(11-5-21-14(10)22-11)20-4-6-12(17)7(15)2-8(16)13(6)18/h2,9-11,14H,3-5H2,1H3/t9-,10+,11+,14+/m0/s1. The van der Waals surface area contributed by atoms with E-state index in [0.29, 0.717) is 6.42 Å². The Bertz CT molecular complexity index is 542. The predicted octanol–water partition coefficient (Wildman–Crippen LogP) is 2.29. The molecule has 0 radical (unpaired) electrons. The molecule has 0 saturated carbocycles. The van der Waals surface area contributed by atoms with E-state index in [2.05, 4.69) is 0 Å². The van der Waals surface area contributed by atoms with E-state index in [4.69, 9.17) is 18.9 Å². The molecule has 0 aliphatic carbocycles. The first-order valence-electron chi connectivity index (χ1n) is 6.74. The van der Waals surface area contributed by atoms with Crippen LogP contribution in [0.4, 0.5) is 17.6 Å². The lowest BCUT2D eigenvalue weighted by Gasteiger charge is -2.32. The molecule has 2 saturated heterocycles. The molecule has 0 spiro atoms. The van der Waals surface area contributed by atoms with Gasteiger partial charge in [-0.2, -0.15) is 0 Å². The minimum Gasteiger partial charge on any atom is -0.376 e. The highest BCUT2D eigenvalue weighted by Crippen LogP contribution is 2.32. The fourth-order valence-corrected chi connectivity index (χ4v) is 2.64. The summed E-state index contributed by atoms with van der Waals surface area (Å²) in [6.45, 7) is -0.352. The SMILES string of the molecule is CO[C@@H]1C[C@H](OCc2c(F)c(F)cc(F)c2F)[C@H]2CO[C@@H]1O2. The second-order valence-corrected chi connectivity index (χ2v) is 5.18. The van der Waals surface area contributed by atoms with Gasteiger partial charge in [-0.3, -0.25) is 0 Å². The van der Waals surface area contributed by atoms with Gasteiger partial charge in [0, 0.05) is 19.6 Å². The summed E-state index contributed by atoms with van der Waals surface area (Å²) in [5.74, 6) is -5.84. The Morgan fingerprint density at radius 2 is 1.82 bits per heavy atom. The van der Waals surface area contributed by atoms with Crippen LogP contribution in [0.25, 0.3) is 0 Å². The minimum absolute atomic E-state index is 0.161. The van der Waals surface area contributed by atoms with Gasteiger partial charge in [0.2, 0.25) is 0 Å². The van der Waals surface area contributed by atoms with E-state index in [-0.39, 0.29) is 18.8 Å². The molecule has 0 amide bonds. The van der Waals surface area contributed by atoms with E-state index >= 15 is 0 Å². The van der Waals surface area contributed by atoms with Crippen molar-refractivity contribution in [1.82, 2.24) is 0 Å². The summed E-state index contributed by atoms with van der Waals surface area (Å²) < 4.78 is 74.9. The molecule has 1 aromatic rings. The maximum absolute atomic E-state index is 13.6. The molecule has 122 valence electrons. The molecule has 0 unspecified atom stereocenters. The van der Waals surface area contributed by atoms with Crippen LogP contribution in [0.3, 0.4) is 0 Å². The molecule has 22 heavy (non-hydrogen) atoms. The van der Waals surface area contributed by atoms with Gasteiger partial charge >= 0.3 is 0 Å². The van der Waals surface area contributed by atoms with Gasteiger partial charge in [-0.05, 0) is 0 Å². The second kappa shape index (κ2) is 6.11. The topological polar surface area (TPSA) is 36.9 Å². The van der Waals surface area contributed by atoms with Crippen molar-refractivity contribution in [3.05, 3.63) is 34.9 Å². The summed E-state index contributed by atoms with van der Waals surface area (Å²) in [6.07, 6.45) is -1.42. The highest BCUT2D eigenvalue weighted by Gasteiger charge is 2.45. The first kappa shape index (κ1) is 15.7. The Labute approximate surface area is 123 Å². The highest BCUT2D eigenvalue weighted by atomic mass is 19.2. The van der Waals surface area contributed by atoms with Gasteiger partial charge in [-0.15, -0.1) is 0 Å². The van der Waals surface area contributed by atoms with Gasteiger partial charge in [-0.1, -0.05) is 0 Å². The third kappa shape index (κ3) is 2.71. The molecule has 2 aliphatic heterocycles. The summed E-state index contributed by atoms with van der Waals surface area (Å²) >= 11 is 0. The Morgan fingerprint density at radius 1 is 1.14 bits per heavy atom. The van der Waals surface area contributed by atoms with Gasteiger partial charge < -0.3 is 18.9 Å². The van der Waals surface area contributed by atoms with Crippen molar-refractivity contribution in [1.29, 1.82) is 0 Å². The predicted molar refractivity (Wildman–Crippen MR) is 64.9 cm³/mol. The minimum atomic E-state index is -1.46. The van der Waals surface area contributed by atoms with Gasteiger partial charge in [0.25, 0.3) is 0 Å². The summed E-state index contributed by atoms with van der Waals surface area (Å²) in [5.41, 5.74) is -0.785. The second-order valence-electron chi connectivity index (χ2n) is 5.18. The fraction of sp³-hybridized carbons (Fsp3) is 0.571. The molecule has 0 N–H and O–H groups in total. The van der Waals surface area contributed by atoms with Gasteiger partial charge in [0.1, 0.15) is 12.2 Å². The molecule has 8 heteroatoms. The average molecular weight is 322 g/mol. The normalized spacial score (nSPS) is 30.8. The first-order chi connectivity index (χ1) is 10.5. The van der Waals surface area contributed by atoms with Gasteiger partial charge in [0.15, 0.2) is 29.6 Å². The molecule has 2 bridgehead atoms. The Balaban J connectivity index is 1.73. The van der Waals surface area contributed by atoms with Crippen molar-refractivity contribution in [2.45, 2.75) is 37.6 Å². The van der Waals surface area contributed by atoms with E-state index < -0.39 is 53.9 Å². The molecule has 1 aromatic carbocycles. The van der Waals surface area contributed by atoms with E-state index in [9.17, 15) is 17.6 Å². The van der Waals surface area contributed by atoms with Crippen LogP contribution >= 0.6 is 0 Å². The third-order valence-corrected chi connectivity index (χ3v) is 3.86. The Morgan fingerprint density at radius 3 is 2.45 bits per heavy atom. The van der Waals surface area contributed by atoms with Crippen LogP contribution in [0.15, 0.2) is 6.07 Å². The Hall–Kier alpha value is -1.22. The van der Waals surface area contributed by atoms with Crippen LogP contribution in [0.5, 0.6) is 0 Å². The van der Waals surface area contributed by atoms with Gasteiger partial charge in [0.05, 0.1) is 24.9 Å². The van der Waals surface area contributed by atoms with E-state index in [0.717, 1.165) is 0 Å². The quantitative estimate of drug-likeness (QED) is 0.630. The van der Waals surface area contributed by atoms with Crippen LogP contribution < -0.4 is 0 Å². The summed E-state index contributed by atoms with van der Waals surface area (Å²) in [4.78, 5) is 0. The molecule has 0 aromatic heterocycles. The van der Waals surface area contributed by atoms with Crippen molar-refractivity contribution in [3.8, 4) is 0 Å². The fourth-order valence-electron chi connectivity index (χ4n) is 2.64. The largest absolute Gasteiger partial charge is 0.376 e. The maximum Gasteiger partial charge on any atom is 0.184 e. The number of methoxy groups -OCH3 is 1. The lowest BCUT2D eigenvalue weighted by Crippen LogP contribution is -2.44. The number of halogens is 4.